The monoisotopic (exact) mass is 278 g/mol. The minimum absolute atomic E-state index is 0.141. The number of hydrogen-bond donors (Lipinski definition) is 2. The maximum atomic E-state index is 13.5. The van der Waals surface area contributed by atoms with Crippen LogP contribution in [-0.2, 0) is 0 Å². The maximum absolute atomic E-state index is 13.5. The van der Waals surface area contributed by atoms with Gasteiger partial charge in [-0.2, -0.15) is 4.39 Å². The predicted octanol–water partition coefficient (Wildman–Crippen LogP) is 2.70. The molecule has 0 heterocycles. The third kappa shape index (κ3) is 2.69. The summed E-state index contributed by atoms with van der Waals surface area (Å²) in [5.74, 6) is -2.54. The Labute approximate surface area is 114 Å². The van der Waals surface area contributed by atoms with Crippen LogP contribution in [0.15, 0.2) is 36.4 Å². The van der Waals surface area contributed by atoms with Crippen molar-refractivity contribution in [2.24, 2.45) is 0 Å². The van der Waals surface area contributed by atoms with Gasteiger partial charge in [-0.15, -0.1) is 0 Å². The molecule has 0 aliphatic rings. The van der Waals surface area contributed by atoms with E-state index in [0.717, 1.165) is 6.07 Å². The molecule has 2 rings (SSSR count). The number of halogens is 2. The van der Waals surface area contributed by atoms with E-state index in [1.165, 1.54) is 37.4 Å². The Kier molecular flexibility index (Phi) is 3.84. The van der Waals surface area contributed by atoms with E-state index in [1.54, 1.807) is 0 Å². The fourth-order valence-electron chi connectivity index (χ4n) is 1.61. The van der Waals surface area contributed by atoms with Crippen molar-refractivity contribution in [1.82, 2.24) is 5.32 Å². The topological polar surface area (TPSA) is 64.3 Å². The molecule has 0 aliphatic heterocycles. The molecule has 1 amide bonds. The van der Waals surface area contributed by atoms with E-state index in [-0.39, 0.29) is 23.1 Å². The number of hydrogen-bond acceptors (Lipinski definition) is 3. The largest absolute Gasteiger partial charge is 0.452 e. The Bertz CT molecular complexity index is 660. The third-order valence-electron chi connectivity index (χ3n) is 2.64. The number of ether oxygens (including phenoxy) is 1. The first-order chi connectivity index (χ1) is 9.52. The van der Waals surface area contributed by atoms with Crippen LogP contribution in [-0.4, -0.2) is 13.0 Å². The molecule has 0 saturated carbocycles. The SMILES string of the molecule is CNC(=O)c1ccc(Oc2cccc(F)c2F)c(N)c1. The molecular formula is C14H12F2N2O2. The molecule has 0 spiro atoms. The van der Waals surface area contributed by atoms with Crippen molar-refractivity contribution in [3.05, 3.63) is 53.6 Å². The van der Waals surface area contributed by atoms with Crippen molar-refractivity contribution in [2.75, 3.05) is 12.8 Å². The molecular weight excluding hydrogens is 266 g/mol. The van der Waals surface area contributed by atoms with E-state index in [1.807, 2.05) is 0 Å². The number of amides is 1. The van der Waals surface area contributed by atoms with E-state index in [2.05, 4.69) is 5.32 Å². The van der Waals surface area contributed by atoms with Gasteiger partial charge in [0.15, 0.2) is 17.3 Å². The van der Waals surface area contributed by atoms with Gasteiger partial charge in [-0.3, -0.25) is 4.79 Å². The van der Waals surface area contributed by atoms with E-state index in [9.17, 15) is 13.6 Å². The standard InChI is InChI=1S/C14H12F2N2O2/c1-18-14(19)8-5-6-11(10(17)7-8)20-12-4-2-3-9(15)13(12)16/h2-7H,17H2,1H3,(H,18,19). The quantitative estimate of drug-likeness (QED) is 0.848. The number of carbonyl (C=O) groups excluding carboxylic acids is 1. The van der Waals surface area contributed by atoms with Crippen molar-refractivity contribution in [1.29, 1.82) is 0 Å². The van der Waals surface area contributed by atoms with Crippen LogP contribution in [0.4, 0.5) is 14.5 Å². The highest BCUT2D eigenvalue weighted by Crippen LogP contribution is 2.30. The van der Waals surface area contributed by atoms with Crippen LogP contribution >= 0.6 is 0 Å². The summed E-state index contributed by atoms with van der Waals surface area (Å²) in [7, 11) is 1.49. The molecule has 0 aliphatic carbocycles. The summed E-state index contributed by atoms with van der Waals surface area (Å²) >= 11 is 0. The van der Waals surface area contributed by atoms with Gasteiger partial charge >= 0.3 is 0 Å². The fraction of sp³-hybridized carbons (Fsp3) is 0.0714. The number of carbonyl (C=O) groups is 1. The van der Waals surface area contributed by atoms with E-state index < -0.39 is 11.6 Å². The first-order valence-electron chi connectivity index (χ1n) is 5.76. The van der Waals surface area contributed by atoms with Gasteiger partial charge in [-0.1, -0.05) is 6.07 Å². The van der Waals surface area contributed by atoms with Crippen LogP contribution in [0.25, 0.3) is 0 Å². The minimum atomic E-state index is -1.10. The summed E-state index contributed by atoms with van der Waals surface area (Å²) in [5.41, 5.74) is 6.22. The Morgan fingerprint density at radius 1 is 1.20 bits per heavy atom. The van der Waals surface area contributed by atoms with Gasteiger partial charge in [0.1, 0.15) is 0 Å². The summed E-state index contributed by atoms with van der Waals surface area (Å²) < 4.78 is 31.8. The number of nitrogens with two attached hydrogens (primary N) is 1. The lowest BCUT2D eigenvalue weighted by molar-refractivity contribution is 0.0963. The second-order valence-corrected chi connectivity index (χ2v) is 3.99. The van der Waals surface area contributed by atoms with Crippen molar-refractivity contribution in [3.63, 3.8) is 0 Å². The Hall–Kier alpha value is -2.63. The molecule has 2 aromatic rings. The zero-order chi connectivity index (χ0) is 14.7. The third-order valence-corrected chi connectivity index (χ3v) is 2.64. The summed E-state index contributed by atoms with van der Waals surface area (Å²) in [4.78, 5) is 11.4. The zero-order valence-corrected chi connectivity index (χ0v) is 10.6. The molecule has 0 unspecified atom stereocenters. The lowest BCUT2D eigenvalue weighted by Gasteiger charge is -2.10. The summed E-state index contributed by atoms with van der Waals surface area (Å²) in [6.45, 7) is 0. The Morgan fingerprint density at radius 2 is 1.95 bits per heavy atom. The zero-order valence-electron chi connectivity index (χ0n) is 10.6. The molecule has 0 aromatic heterocycles. The van der Waals surface area contributed by atoms with Crippen LogP contribution in [0.3, 0.4) is 0 Å². The first kappa shape index (κ1) is 13.8. The molecule has 104 valence electrons. The van der Waals surface area contributed by atoms with Crippen molar-refractivity contribution >= 4 is 11.6 Å². The van der Waals surface area contributed by atoms with Gasteiger partial charge in [0.05, 0.1) is 5.69 Å². The summed E-state index contributed by atoms with van der Waals surface area (Å²) in [6, 6.07) is 7.88. The normalized spacial score (nSPS) is 10.2. The number of nitrogens with one attached hydrogen (secondary N) is 1. The molecule has 0 radical (unpaired) electrons. The molecule has 3 N–H and O–H groups in total. The molecule has 20 heavy (non-hydrogen) atoms. The Balaban J connectivity index is 2.30. The van der Waals surface area contributed by atoms with Crippen LogP contribution < -0.4 is 15.8 Å². The van der Waals surface area contributed by atoms with Crippen LogP contribution in [0, 0.1) is 11.6 Å². The molecule has 0 bridgehead atoms. The lowest BCUT2D eigenvalue weighted by atomic mass is 10.2. The van der Waals surface area contributed by atoms with Gasteiger partial charge < -0.3 is 15.8 Å². The number of anilines is 1. The molecule has 2 aromatic carbocycles. The highest BCUT2D eigenvalue weighted by Gasteiger charge is 2.12. The second-order valence-electron chi connectivity index (χ2n) is 3.99. The summed E-state index contributed by atoms with van der Waals surface area (Å²) in [5, 5.41) is 2.45. The van der Waals surface area contributed by atoms with Crippen LogP contribution in [0.5, 0.6) is 11.5 Å². The molecule has 0 saturated heterocycles. The second kappa shape index (κ2) is 5.56. The smallest absolute Gasteiger partial charge is 0.251 e. The number of nitrogen functional groups attached to an aromatic ring is 1. The van der Waals surface area contributed by atoms with E-state index >= 15 is 0 Å². The molecule has 0 fully saturated rings. The fourth-order valence-corrected chi connectivity index (χ4v) is 1.61. The van der Waals surface area contributed by atoms with Gasteiger partial charge in [-0.25, -0.2) is 4.39 Å². The van der Waals surface area contributed by atoms with Crippen molar-refractivity contribution < 1.29 is 18.3 Å². The first-order valence-corrected chi connectivity index (χ1v) is 5.76. The molecule has 4 nitrogen and oxygen atoms in total. The van der Waals surface area contributed by atoms with Crippen molar-refractivity contribution in [3.8, 4) is 11.5 Å². The lowest BCUT2D eigenvalue weighted by Crippen LogP contribution is -2.17. The van der Waals surface area contributed by atoms with Crippen LogP contribution in [0.2, 0.25) is 0 Å². The highest BCUT2D eigenvalue weighted by molar-refractivity contribution is 5.95. The minimum Gasteiger partial charge on any atom is -0.452 e. The van der Waals surface area contributed by atoms with Gasteiger partial charge in [-0.05, 0) is 30.3 Å². The molecule has 0 atom stereocenters. The van der Waals surface area contributed by atoms with Crippen LogP contribution in [0.1, 0.15) is 10.4 Å². The summed E-state index contributed by atoms with van der Waals surface area (Å²) in [6.07, 6.45) is 0. The maximum Gasteiger partial charge on any atom is 0.251 e. The Morgan fingerprint density at radius 3 is 2.60 bits per heavy atom. The number of benzene rings is 2. The molecule has 6 heteroatoms. The highest BCUT2D eigenvalue weighted by atomic mass is 19.2. The average molecular weight is 278 g/mol. The average Bonchev–Trinajstić information content (AvgIpc) is 2.45. The van der Waals surface area contributed by atoms with E-state index in [0.29, 0.717) is 5.56 Å². The van der Waals surface area contributed by atoms with Gasteiger partial charge in [0.2, 0.25) is 5.82 Å². The number of rotatable bonds is 3. The van der Waals surface area contributed by atoms with E-state index in [4.69, 9.17) is 10.5 Å². The van der Waals surface area contributed by atoms with Gasteiger partial charge in [0, 0.05) is 12.6 Å². The van der Waals surface area contributed by atoms with Gasteiger partial charge in [0.25, 0.3) is 5.91 Å². The van der Waals surface area contributed by atoms with Crippen molar-refractivity contribution in [2.45, 2.75) is 0 Å². The predicted molar refractivity (Wildman–Crippen MR) is 70.7 cm³/mol.